The van der Waals surface area contributed by atoms with Crippen LogP contribution in [0.15, 0.2) is 6.20 Å². The summed E-state index contributed by atoms with van der Waals surface area (Å²) in [7, 11) is 2.19. The van der Waals surface area contributed by atoms with Gasteiger partial charge in [0.2, 0.25) is 0 Å². The van der Waals surface area contributed by atoms with Gasteiger partial charge in [0.1, 0.15) is 5.00 Å². The molecule has 1 saturated heterocycles. The van der Waals surface area contributed by atoms with Gasteiger partial charge in [0, 0.05) is 17.6 Å². The Kier molecular flexibility index (Phi) is 3.31. The zero-order valence-electron chi connectivity index (χ0n) is 8.44. The zero-order chi connectivity index (χ0) is 9.80. The third-order valence-electron chi connectivity index (χ3n) is 2.66. The lowest BCUT2D eigenvalue weighted by Crippen LogP contribution is -2.22. The Morgan fingerprint density at radius 1 is 1.50 bits per heavy atom. The van der Waals surface area contributed by atoms with E-state index >= 15 is 0 Å². The Bertz CT molecular complexity index is 262. The molecule has 1 unspecified atom stereocenters. The van der Waals surface area contributed by atoms with Crippen molar-refractivity contribution in [3.63, 3.8) is 0 Å². The molecule has 1 aromatic rings. The maximum atomic E-state index is 3.84. The Morgan fingerprint density at radius 2 is 2.43 bits per heavy atom. The fourth-order valence-electron chi connectivity index (χ4n) is 1.82. The third-order valence-corrected chi connectivity index (χ3v) is 3.26. The fourth-order valence-corrected chi connectivity index (χ4v) is 2.31. The summed E-state index contributed by atoms with van der Waals surface area (Å²) in [6.07, 6.45) is 5.55. The van der Waals surface area contributed by atoms with E-state index in [0.717, 1.165) is 5.00 Å². The van der Waals surface area contributed by atoms with Gasteiger partial charge in [-0.1, -0.05) is 4.49 Å². The summed E-state index contributed by atoms with van der Waals surface area (Å²) in [5, 5.41) is 8.41. The Morgan fingerprint density at radius 3 is 3.21 bits per heavy atom. The summed E-state index contributed by atoms with van der Waals surface area (Å²) >= 11 is 1.44. The lowest BCUT2D eigenvalue weighted by molar-refractivity contribution is 0.348. The third kappa shape index (κ3) is 2.65. The maximum Gasteiger partial charge on any atom is 0.130 e. The summed E-state index contributed by atoms with van der Waals surface area (Å²) in [5.41, 5.74) is 0. The van der Waals surface area contributed by atoms with Crippen molar-refractivity contribution >= 4 is 16.5 Å². The zero-order valence-corrected chi connectivity index (χ0v) is 9.26. The smallest absolute Gasteiger partial charge is 0.130 e. The van der Waals surface area contributed by atoms with Gasteiger partial charge in [-0.25, -0.2) is 0 Å². The second-order valence-corrected chi connectivity index (χ2v) is 4.64. The first-order chi connectivity index (χ1) is 6.84. The Balaban J connectivity index is 1.86. The highest BCUT2D eigenvalue weighted by molar-refractivity contribution is 7.09. The number of rotatable bonds is 2. The number of hydrogen-bond donors (Lipinski definition) is 1. The van der Waals surface area contributed by atoms with Crippen molar-refractivity contribution in [2.75, 3.05) is 25.5 Å². The molecule has 4 nitrogen and oxygen atoms in total. The lowest BCUT2D eigenvalue weighted by Gasteiger charge is -2.15. The standard InChI is InChI=1S/C9H16N4S/c1-13-5-2-3-8(4-6-13)11-9-7-10-12-14-9/h7-8,11H,2-6H2,1H3. The van der Waals surface area contributed by atoms with Crippen LogP contribution >= 0.6 is 11.5 Å². The molecule has 0 radical (unpaired) electrons. The minimum atomic E-state index is 0.599. The van der Waals surface area contributed by atoms with Gasteiger partial charge in [0.15, 0.2) is 0 Å². The maximum absolute atomic E-state index is 3.84. The van der Waals surface area contributed by atoms with Crippen LogP contribution in [0.1, 0.15) is 19.3 Å². The topological polar surface area (TPSA) is 41.0 Å². The van der Waals surface area contributed by atoms with Crippen molar-refractivity contribution in [3.8, 4) is 0 Å². The van der Waals surface area contributed by atoms with Gasteiger partial charge in [0.25, 0.3) is 0 Å². The second kappa shape index (κ2) is 4.70. The van der Waals surface area contributed by atoms with Gasteiger partial charge in [-0.2, -0.15) is 0 Å². The average molecular weight is 212 g/mol. The van der Waals surface area contributed by atoms with Gasteiger partial charge in [-0.15, -0.1) is 5.10 Å². The molecule has 1 aromatic heterocycles. The quantitative estimate of drug-likeness (QED) is 0.805. The number of likely N-dealkylation sites (tertiary alicyclic amines) is 1. The highest BCUT2D eigenvalue weighted by Crippen LogP contribution is 2.17. The number of hydrogen-bond acceptors (Lipinski definition) is 5. The first kappa shape index (κ1) is 9.86. The predicted molar refractivity (Wildman–Crippen MR) is 58.7 cm³/mol. The predicted octanol–water partition coefficient (Wildman–Crippen LogP) is 1.43. The van der Waals surface area contributed by atoms with Crippen LogP contribution < -0.4 is 5.32 Å². The molecule has 14 heavy (non-hydrogen) atoms. The largest absolute Gasteiger partial charge is 0.372 e. The summed E-state index contributed by atoms with van der Waals surface area (Å²) in [5.74, 6) is 0. The summed E-state index contributed by atoms with van der Waals surface area (Å²) in [6.45, 7) is 2.41. The van der Waals surface area contributed by atoms with Crippen molar-refractivity contribution in [1.29, 1.82) is 0 Å². The molecule has 5 heteroatoms. The molecule has 0 amide bonds. The molecule has 0 aromatic carbocycles. The van der Waals surface area contributed by atoms with Gasteiger partial charge in [-0.3, -0.25) is 0 Å². The molecule has 0 aliphatic carbocycles. The number of nitrogens with one attached hydrogen (secondary N) is 1. The molecular weight excluding hydrogens is 196 g/mol. The molecule has 1 aliphatic heterocycles. The molecule has 2 heterocycles. The number of nitrogens with zero attached hydrogens (tertiary/aromatic N) is 3. The van der Waals surface area contributed by atoms with Gasteiger partial charge < -0.3 is 10.2 Å². The average Bonchev–Trinajstić information content (AvgIpc) is 2.58. The molecule has 1 fully saturated rings. The van der Waals surface area contributed by atoms with Gasteiger partial charge in [-0.05, 0) is 39.4 Å². The summed E-state index contributed by atoms with van der Waals surface area (Å²) in [4.78, 5) is 2.40. The monoisotopic (exact) mass is 212 g/mol. The van der Waals surface area contributed by atoms with Crippen LogP contribution in [0, 0.1) is 0 Å². The fraction of sp³-hybridized carbons (Fsp3) is 0.778. The van der Waals surface area contributed by atoms with Crippen molar-refractivity contribution in [2.24, 2.45) is 0 Å². The minimum absolute atomic E-state index is 0.599. The van der Waals surface area contributed by atoms with Crippen LogP contribution in [0.2, 0.25) is 0 Å². The molecule has 2 rings (SSSR count). The van der Waals surface area contributed by atoms with Crippen molar-refractivity contribution in [3.05, 3.63) is 6.20 Å². The van der Waals surface area contributed by atoms with Gasteiger partial charge >= 0.3 is 0 Å². The molecule has 1 N–H and O–H groups in total. The highest BCUT2D eigenvalue weighted by Gasteiger charge is 2.14. The van der Waals surface area contributed by atoms with E-state index in [9.17, 15) is 0 Å². The van der Waals surface area contributed by atoms with E-state index in [1.807, 2.05) is 0 Å². The first-order valence-electron chi connectivity index (χ1n) is 5.07. The number of aromatic nitrogens is 2. The second-order valence-electron chi connectivity index (χ2n) is 3.86. The van der Waals surface area contributed by atoms with E-state index in [-0.39, 0.29) is 0 Å². The van der Waals surface area contributed by atoms with E-state index in [2.05, 4.69) is 26.9 Å². The summed E-state index contributed by atoms with van der Waals surface area (Å²) in [6, 6.07) is 0.599. The highest BCUT2D eigenvalue weighted by atomic mass is 32.1. The SMILES string of the molecule is CN1CCCC(Nc2cnns2)CC1. The van der Waals surface area contributed by atoms with E-state index in [1.54, 1.807) is 6.20 Å². The van der Waals surface area contributed by atoms with Crippen LogP contribution in [0.4, 0.5) is 5.00 Å². The summed E-state index contributed by atoms with van der Waals surface area (Å²) < 4.78 is 3.84. The van der Waals surface area contributed by atoms with E-state index in [0.29, 0.717) is 6.04 Å². The van der Waals surface area contributed by atoms with E-state index in [4.69, 9.17) is 0 Å². The number of anilines is 1. The van der Waals surface area contributed by atoms with Gasteiger partial charge in [0.05, 0.1) is 6.20 Å². The van der Waals surface area contributed by atoms with Crippen molar-refractivity contribution < 1.29 is 0 Å². The molecule has 78 valence electrons. The molecule has 0 bridgehead atoms. The van der Waals surface area contributed by atoms with Crippen LogP contribution in [-0.4, -0.2) is 40.7 Å². The molecule has 1 aliphatic rings. The molecular formula is C9H16N4S. The van der Waals surface area contributed by atoms with Crippen LogP contribution in [-0.2, 0) is 0 Å². The van der Waals surface area contributed by atoms with Crippen molar-refractivity contribution in [2.45, 2.75) is 25.3 Å². The van der Waals surface area contributed by atoms with Crippen molar-refractivity contribution in [1.82, 2.24) is 14.5 Å². The van der Waals surface area contributed by atoms with Crippen LogP contribution in [0.25, 0.3) is 0 Å². The lowest BCUT2D eigenvalue weighted by atomic mass is 10.1. The van der Waals surface area contributed by atoms with Crippen LogP contribution in [0.3, 0.4) is 0 Å². The normalized spacial score (nSPS) is 24.5. The Labute approximate surface area is 88.5 Å². The minimum Gasteiger partial charge on any atom is -0.372 e. The molecule has 0 spiro atoms. The molecule has 1 atom stereocenters. The first-order valence-corrected chi connectivity index (χ1v) is 5.84. The van der Waals surface area contributed by atoms with Crippen LogP contribution in [0.5, 0.6) is 0 Å². The van der Waals surface area contributed by atoms with E-state index in [1.165, 1.54) is 43.9 Å². The Hall–Kier alpha value is -0.680. The molecule has 0 saturated carbocycles. The van der Waals surface area contributed by atoms with E-state index < -0.39 is 0 Å².